The van der Waals surface area contributed by atoms with Gasteiger partial charge in [-0.25, -0.2) is 26.3 Å². The Kier molecular flexibility index (Phi) is 1.70. The maximum atomic E-state index is 13.1. The van der Waals surface area contributed by atoms with Gasteiger partial charge in [0.2, 0.25) is 5.67 Å². The third kappa shape index (κ3) is 0.736. The molecule has 2 aliphatic carbocycles. The largest absolute Gasteiger partial charge is 0.401 e. The molecule has 0 heterocycles. The van der Waals surface area contributed by atoms with Crippen LogP contribution in [0, 0.1) is 5.92 Å². The molecule has 0 nitrogen and oxygen atoms in total. The summed E-state index contributed by atoms with van der Waals surface area (Å²) in [6.07, 6.45) is -5.87. The number of allylic oxidation sites excluding steroid dienone is 2. The van der Waals surface area contributed by atoms with Crippen LogP contribution in [0.3, 0.4) is 0 Å². The van der Waals surface area contributed by atoms with Crippen LogP contribution < -0.4 is 0 Å². The van der Waals surface area contributed by atoms with Crippen LogP contribution >= 0.6 is 0 Å². The second-order valence-electron chi connectivity index (χ2n) is 3.60. The highest BCUT2D eigenvalue weighted by atomic mass is 19.4. The minimum absolute atomic E-state index is 2.75. The van der Waals surface area contributed by atoms with Crippen LogP contribution in [0.5, 0.6) is 0 Å². The summed E-state index contributed by atoms with van der Waals surface area (Å²) in [5.41, 5.74) is -9.47. The van der Waals surface area contributed by atoms with Crippen LogP contribution in [0.15, 0.2) is 11.7 Å². The number of rotatable bonds is 0. The molecule has 0 amide bonds. The summed E-state index contributed by atoms with van der Waals surface area (Å²) in [6, 6.07) is 0. The molecule has 0 aromatic rings. The van der Waals surface area contributed by atoms with E-state index in [9.17, 15) is 39.5 Å². The van der Waals surface area contributed by atoms with Gasteiger partial charge in [-0.3, -0.25) is 0 Å². The van der Waals surface area contributed by atoms with Gasteiger partial charge in [-0.1, -0.05) is 0 Å². The summed E-state index contributed by atoms with van der Waals surface area (Å²) in [5, 5.41) is 0. The summed E-state index contributed by atoms with van der Waals surface area (Å²) >= 11 is 0. The minimum Gasteiger partial charge on any atom is -0.231 e. The van der Waals surface area contributed by atoms with Crippen molar-refractivity contribution < 1.29 is 39.5 Å². The Labute approximate surface area is 81.7 Å². The smallest absolute Gasteiger partial charge is 0.231 e. The Morgan fingerprint density at radius 3 is 1.69 bits per heavy atom. The van der Waals surface area contributed by atoms with E-state index in [2.05, 4.69) is 0 Å². The Morgan fingerprint density at radius 2 is 1.31 bits per heavy atom. The fraction of sp³-hybridized carbons (Fsp3) is 0.714. The number of hydrogen-bond acceptors (Lipinski definition) is 0. The Morgan fingerprint density at radius 1 is 0.875 bits per heavy atom. The molecule has 0 N–H and O–H groups in total. The van der Waals surface area contributed by atoms with Crippen LogP contribution in [0.2, 0.25) is 0 Å². The van der Waals surface area contributed by atoms with Crippen LogP contribution in [0.25, 0.3) is 0 Å². The summed E-state index contributed by atoms with van der Waals surface area (Å²) in [6.45, 7) is 0. The molecular weight excluding hydrogens is 255 g/mol. The van der Waals surface area contributed by atoms with Crippen molar-refractivity contribution in [3.8, 4) is 0 Å². The van der Waals surface area contributed by atoms with Crippen molar-refractivity contribution in [1.29, 1.82) is 0 Å². The Bertz CT molecular complexity index is 393. The van der Waals surface area contributed by atoms with Crippen molar-refractivity contribution in [2.24, 2.45) is 5.92 Å². The first-order valence-electron chi connectivity index (χ1n) is 3.82. The van der Waals surface area contributed by atoms with E-state index in [4.69, 9.17) is 0 Å². The average Bonchev–Trinajstić information content (AvgIpc) is 2.10. The SMILES string of the molecule is FC1=C(F)C2(F)C(F)(F)C(C(F)(F)F)C12F. The van der Waals surface area contributed by atoms with Crippen LogP contribution in [0.1, 0.15) is 0 Å². The number of fused-ring (bicyclic) bond motifs is 1. The van der Waals surface area contributed by atoms with Crippen molar-refractivity contribution in [3.05, 3.63) is 11.7 Å². The fourth-order valence-electron chi connectivity index (χ4n) is 2.08. The van der Waals surface area contributed by atoms with Gasteiger partial charge in [0.1, 0.15) is 0 Å². The molecule has 0 bridgehead atoms. The molecule has 0 aromatic carbocycles. The zero-order valence-electron chi connectivity index (χ0n) is 6.98. The maximum absolute atomic E-state index is 13.1. The first-order valence-corrected chi connectivity index (χ1v) is 3.82. The van der Waals surface area contributed by atoms with Gasteiger partial charge in [0, 0.05) is 0 Å². The van der Waals surface area contributed by atoms with Crippen LogP contribution in [-0.4, -0.2) is 23.4 Å². The fourth-order valence-corrected chi connectivity index (χ4v) is 2.08. The second-order valence-corrected chi connectivity index (χ2v) is 3.60. The van der Waals surface area contributed by atoms with E-state index < -0.39 is 41.0 Å². The van der Waals surface area contributed by atoms with E-state index in [0.717, 1.165) is 0 Å². The predicted octanol–water partition coefficient (Wildman–Crippen LogP) is 3.39. The van der Waals surface area contributed by atoms with Gasteiger partial charge in [0.05, 0.1) is 0 Å². The maximum Gasteiger partial charge on any atom is 0.401 e. The highest BCUT2D eigenvalue weighted by Gasteiger charge is 3.00. The predicted molar refractivity (Wildman–Crippen MR) is 31.4 cm³/mol. The normalized spacial score (nSPS) is 45.9. The van der Waals surface area contributed by atoms with E-state index in [1.54, 1.807) is 0 Å². The van der Waals surface area contributed by atoms with Gasteiger partial charge >= 0.3 is 12.1 Å². The molecule has 1 saturated carbocycles. The number of halogens is 9. The lowest BCUT2D eigenvalue weighted by Crippen LogP contribution is -2.86. The number of hydrogen-bond donors (Lipinski definition) is 0. The van der Waals surface area contributed by atoms with Gasteiger partial charge in [-0.15, -0.1) is 0 Å². The third-order valence-corrected chi connectivity index (χ3v) is 2.86. The molecule has 3 atom stereocenters. The van der Waals surface area contributed by atoms with Crippen molar-refractivity contribution in [1.82, 2.24) is 0 Å². The van der Waals surface area contributed by atoms with Gasteiger partial charge in [0.25, 0.3) is 5.67 Å². The summed E-state index contributed by atoms with van der Waals surface area (Å²) in [4.78, 5) is 0. The molecule has 0 aliphatic heterocycles. The van der Waals surface area contributed by atoms with E-state index in [0.29, 0.717) is 0 Å². The Hall–Kier alpha value is -0.890. The third-order valence-electron chi connectivity index (χ3n) is 2.86. The van der Waals surface area contributed by atoms with Gasteiger partial charge < -0.3 is 0 Å². The van der Waals surface area contributed by atoms with Crippen molar-refractivity contribution >= 4 is 0 Å². The molecule has 0 saturated heterocycles. The molecular formula is C7HF9. The second kappa shape index (κ2) is 2.35. The first kappa shape index (κ1) is 11.6. The molecule has 2 aliphatic rings. The first-order chi connectivity index (χ1) is 6.93. The highest BCUT2D eigenvalue weighted by molar-refractivity contribution is 5.55. The van der Waals surface area contributed by atoms with E-state index in [1.165, 1.54) is 0 Å². The molecule has 2 rings (SSSR count). The summed E-state index contributed by atoms with van der Waals surface area (Å²) in [5.74, 6) is -15.1. The standard InChI is InChI=1S/C7HF9/c8-1-2(9)5(11)4(1,10)3(6(5,12)13)7(14,15)16/h3H. The van der Waals surface area contributed by atoms with Crippen LogP contribution in [0.4, 0.5) is 39.5 Å². The molecule has 3 unspecified atom stereocenters. The summed E-state index contributed by atoms with van der Waals surface area (Å²) in [7, 11) is 0. The summed E-state index contributed by atoms with van der Waals surface area (Å²) < 4.78 is 112. The average molecular weight is 256 g/mol. The quantitative estimate of drug-likeness (QED) is 0.583. The van der Waals surface area contributed by atoms with Crippen molar-refractivity contribution in [2.45, 2.75) is 23.4 Å². The van der Waals surface area contributed by atoms with Gasteiger partial charge in [0.15, 0.2) is 17.6 Å². The lowest BCUT2D eigenvalue weighted by atomic mass is 9.49. The van der Waals surface area contributed by atoms with E-state index in [-0.39, 0.29) is 0 Å². The molecule has 1 fully saturated rings. The molecule has 16 heavy (non-hydrogen) atoms. The zero-order chi connectivity index (χ0) is 12.7. The lowest BCUT2D eigenvalue weighted by Gasteiger charge is -2.62. The highest BCUT2D eigenvalue weighted by Crippen LogP contribution is 2.78. The van der Waals surface area contributed by atoms with Crippen LogP contribution in [-0.2, 0) is 0 Å². The van der Waals surface area contributed by atoms with Gasteiger partial charge in [-0.2, -0.15) is 13.2 Å². The van der Waals surface area contributed by atoms with Crippen molar-refractivity contribution in [3.63, 3.8) is 0 Å². The Balaban J connectivity index is 2.57. The lowest BCUT2D eigenvalue weighted by molar-refractivity contribution is -0.412. The van der Waals surface area contributed by atoms with Crippen molar-refractivity contribution in [2.75, 3.05) is 0 Å². The molecule has 9 heteroatoms. The molecule has 0 spiro atoms. The molecule has 92 valence electrons. The van der Waals surface area contributed by atoms with E-state index >= 15 is 0 Å². The van der Waals surface area contributed by atoms with Gasteiger partial charge in [-0.05, 0) is 0 Å². The molecule has 0 aromatic heterocycles. The molecule has 0 radical (unpaired) electrons. The minimum atomic E-state index is -5.87. The monoisotopic (exact) mass is 256 g/mol. The zero-order valence-corrected chi connectivity index (χ0v) is 6.98. The number of alkyl halides is 7. The topological polar surface area (TPSA) is 0 Å². The van der Waals surface area contributed by atoms with E-state index in [1.807, 2.05) is 0 Å².